The van der Waals surface area contributed by atoms with E-state index in [0.29, 0.717) is 33.4 Å². The van der Waals surface area contributed by atoms with Crippen molar-refractivity contribution < 1.29 is 4.74 Å². The average Bonchev–Trinajstić information content (AvgIpc) is 3.01. The Hall–Kier alpha value is -1.80. The Labute approximate surface area is 172 Å². The molecule has 9 heteroatoms. The fourth-order valence-corrected chi connectivity index (χ4v) is 3.43. The van der Waals surface area contributed by atoms with Crippen LogP contribution >= 0.6 is 50.5 Å². The van der Waals surface area contributed by atoms with Crippen molar-refractivity contribution >= 4 is 67.6 Å². The number of anilines is 2. The van der Waals surface area contributed by atoms with Gasteiger partial charge < -0.3 is 10.5 Å². The number of nitrogens with zero attached hydrogens (tertiary/aromatic N) is 2. The minimum Gasteiger partial charge on any atom is -0.488 e. The van der Waals surface area contributed by atoms with Gasteiger partial charge in [0, 0.05) is 31.0 Å². The van der Waals surface area contributed by atoms with E-state index in [9.17, 15) is 0 Å². The molecule has 0 bridgehead atoms. The van der Waals surface area contributed by atoms with Crippen molar-refractivity contribution in [3.05, 3.63) is 67.4 Å². The van der Waals surface area contributed by atoms with Gasteiger partial charge in [0.15, 0.2) is 0 Å². The molecular formula is C17H13BrCl2N4OS. The van der Waals surface area contributed by atoms with Crippen LogP contribution in [0.4, 0.5) is 10.9 Å². The third kappa shape index (κ3) is 5.11. The first-order valence-electron chi connectivity index (χ1n) is 7.37. The smallest absolute Gasteiger partial charge is 0.205 e. The Kier molecular flexibility index (Phi) is 6.37. The number of nitrogens with two attached hydrogens (primary N) is 1. The fraction of sp³-hybridized carbons (Fsp3) is 0.0588. The van der Waals surface area contributed by atoms with Crippen LogP contribution in [-0.4, -0.2) is 11.2 Å². The summed E-state index contributed by atoms with van der Waals surface area (Å²) in [6.45, 7) is 0.314. The monoisotopic (exact) mass is 470 g/mol. The van der Waals surface area contributed by atoms with Crippen molar-refractivity contribution in [2.45, 2.75) is 6.61 Å². The summed E-state index contributed by atoms with van der Waals surface area (Å²) in [6, 6.07) is 11.0. The molecule has 3 rings (SSSR count). The Morgan fingerprint density at radius 2 is 2.12 bits per heavy atom. The Morgan fingerprint density at radius 3 is 2.85 bits per heavy atom. The number of nitrogen functional groups attached to an aromatic ring is 1. The second kappa shape index (κ2) is 8.73. The zero-order valence-corrected chi connectivity index (χ0v) is 17.2. The summed E-state index contributed by atoms with van der Waals surface area (Å²) in [4.78, 5) is 4.08. The molecule has 3 aromatic rings. The lowest BCUT2D eigenvalue weighted by Gasteiger charge is -2.11. The second-order valence-electron chi connectivity index (χ2n) is 5.15. The third-order valence-electron chi connectivity index (χ3n) is 3.26. The molecule has 0 saturated heterocycles. The number of thiazole rings is 1. The number of nitrogens with one attached hydrogen (secondary N) is 1. The highest BCUT2D eigenvalue weighted by atomic mass is 79.9. The van der Waals surface area contributed by atoms with Gasteiger partial charge in [-0.2, -0.15) is 5.10 Å². The number of hydrazone groups is 1. The molecule has 3 N–H and O–H groups in total. The molecule has 0 aliphatic heterocycles. The zero-order valence-electron chi connectivity index (χ0n) is 13.2. The molecule has 2 aromatic carbocycles. The van der Waals surface area contributed by atoms with E-state index in [0.717, 1.165) is 15.6 Å². The second-order valence-corrected chi connectivity index (χ2v) is 7.77. The summed E-state index contributed by atoms with van der Waals surface area (Å²) in [5, 5.41) is 7.69. The van der Waals surface area contributed by atoms with E-state index in [1.807, 2.05) is 24.3 Å². The van der Waals surface area contributed by atoms with Gasteiger partial charge in [0.2, 0.25) is 5.13 Å². The van der Waals surface area contributed by atoms with Gasteiger partial charge in [0.25, 0.3) is 0 Å². The van der Waals surface area contributed by atoms with Crippen LogP contribution in [0.3, 0.4) is 0 Å². The number of halogens is 3. The highest BCUT2D eigenvalue weighted by Gasteiger charge is 2.06. The van der Waals surface area contributed by atoms with E-state index in [1.165, 1.54) is 11.3 Å². The first-order valence-corrected chi connectivity index (χ1v) is 9.80. The fourth-order valence-electron chi connectivity index (χ4n) is 2.04. The molecular weight excluding hydrogens is 459 g/mol. The highest BCUT2D eigenvalue weighted by molar-refractivity contribution is 9.10. The summed E-state index contributed by atoms with van der Waals surface area (Å²) in [7, 11) is 0. The number of hydrogen-bond acceptors (Lipinski definition) is 6. The van der Waals surface area contributed by atoms with E-state index in [1.54, 1.807) is 23.7 Å². The quantitative estimate of drug-likeness (QED) is 0.351. The van der Waals surface area contributed by atoms with Crippen LogP contribution in [0, 0.1) is 0 Å². The topological polar surface area (TPSA) is 72.5 Å². The molecule has 0 atom stereocenters. The van der Waals surface area contributed by atoms with Crippen molar-refractivity contribution in [2.24, 2.45) is 5.10 Å². The van der Waals surface area contributed by atoms with Crippen molar-refractivity contribution in [1.29, 1.82) is 0 Å². The van der Waals surface area contributed by atoms with E-state index in [2.05, 4.69) is 31.4 Å². The van der Waals surface area contributed by atoms with Gasteiger partial charge in [0.1, 0.15) is 18.2 Å². The van der Waals surface area contributed by atoms with Crippen LogP contribution in [0.1, 0.15) is 11.1 Å². The predicted octanol–water partition coefficient (Wildman–Crippen LogP) is 5.82. The molecule has 1 aromatic heterocycles. The molecule has 1 heterocycles. The molecule has 0 spiro atoms. The first kappa shape index (κ1) is 19.0. The van der Waals surface area contributed by atoms with Crippen molar-refractivity contribution in [3.8, 4) is 5.75 Å². The van der Waals surface area contributed by atoms with Crippen LogP contribution in [0.25, 0.3) is 0 Å². The first-order chi connectivity index (χ1) is 12.5. The number of ether oxygens (including phenoxy) is 1. The minimum absolute atomic E-state index is 0.314. The van der Waals surface area contributed by atoms with Crippen molar-refractivity contribution in [2.75, 3.05) is 11.2 Å². The van der Waals surface area contributed by atoms with Gasteiger partial charge in [-0.25, -0.2) is 4.98 Å². The Bertz CT molecular complexity index is 948. The number of benzene rings is 2. The summed E-state index contributed by atoms with van der Waals surface area (Å²) in [5.41, 5.74) is 10.1. The lowest BCUT2D eigenvalue weighted by molar-refractivity contribution is 0.306. The van der Waals surface area contributed by atoms with Crippen LogP contribution in [0.2, 0.25) is 10.0 Å². The SMILES string of the molecule is Nc1csc(NN=Cc2cc(Br)ccc2OCc2ccc(Cl)cc2Cl)n1. The maximum Gasteiger partial charge on any atom is 0.205 e. The van der Waals surface area contributed by atoms with Crippen LogP contribution in [-0.2, 0) is 6.61 Å². The molecule has 0 radical (unpaired) electrons. The molecule has 134 valence electrons. The number of aromatic nitrogens is 1. The molecule has 0 saturated carbocycles. The minimum atomic E-state index is 0.314. The normalized spacial score (nSPS) is 11.0. The third-order valence-corrected chi connectivity index (χ3v) is 5.10. The van der Waals surface area contributed by atoms with Gasteiger partial charge in [-0.3, -0.25) is 5.43 Å². The van der Waals surface area contributed by atoms with Crippen LogP contribution < -0.4 is 15.9 Å². The van der Waals surface area contributed by atoms with Gasteiger partial charge in [-0.15, -0.1) is 11.3 Å². The molecule has 0 fully saturated rings. The molecule has 5 nitrogen and oxygen atoms in total. The maximum absolute atomic E-state index is 6.19. The summed E-state index contributed by atoms with van der Waals surface area (Å²) in [6.07, 6.45) is 1.65. The van der Waals surface area contributed by atoms with Gasteiger partial charge in [0.05, 0.1) is 6.21 Å². The van der Waals surface area contributed by atoms with Gasteiger partial charge >= 0.3 is 0 Å². The molecule has 26 heavy (non-hydrogen) atoms. The lowest BCUT2D eigenvalue weighted by atomic mass is 10.2. The van der Waals surface area contributed by atoms with Crippen molar-refractivity contribution in [1.82, 2.24) is 4.98 Å². The summed E-state index contributed by atoms with van der Waals surface area (Å²) in [5.74, 6) is 1.13. The standard InChI is InChI=1S/C17H13BrCl2N4OS/c18-12-2-4-15(25-8-10-1-3-13(19)6-14(10)20)11(5-12)7-22-24-17-23-16(21)9-26-17/h1-7,9H,8,21H2,(H,23,24). The van der Waals surface area contributed by atoms with E-state index >= 15 is 0 Å². The predicted molar refractivity (Wildman–Crippen MR) is 113 cm³/mol. The van der Waals surface area contributed by atoms with E-state index in [-0.39, 0.29) is 0 Å². The van der Waals surface area contributed by atoms with Crippen LogP contribution in [0.5, 0.6) is 5.75 Å². The highest BCUT2D eigenvalue weighted by Crippen LogP contribution is 2.26. The van der Waals surface area contributed by atoms with Gasteiger partial charge in [-0.1, -0.05) is 45.2 Å². The van der Waals surface area contributed by atoms with Crippen molar-refractivity contribution in [3.63, 3.8) is 0 Å². The molecule has 0 unspecified atom stereocenters. The summed E-state index contributed by atoms with van der Waals surface area (Å²) >= 11 is 16.9. The Balaban J connectivity index is 1.72. The number of rotatable bonds is 6. The van der Waals surface area contributed by atoms with Gasteiger partial charge in [-0.05, 0) is 30.3 Å². The molecule has 0 amide bonds. The Morgan fingerprint density at radius 1 is 1.27 bits per heavy atom. The average molecular weight is 472 g/mol. The van der Waals surface area contributed by atoms with Crippen LogP contribution in [0.15, 0.2) is 51.4 Å². The summed E-state index contributed by atoms with van der Waals surface area (Å²) < 4.78 is 6.82. The van der Waals surface area contributed by atoms with E-state index in [4.69, 9.17) is 33.7 Å². The lowest BCUT2D eigenvalue weighted by Crippen LogP contribution is -2.00. The maximum atomic E-state index is 6.19. The largest absolute Gasteiger partial charge is 0.488 e. The number of hydrogen-bond donors (Lipinski definition) is 2. The zero-order chi connectivity index (χ0) is 18.5. The molecule has 0 aliphatic rings. The molecule has 0 aliphatic carbocycles. The van der Waals surface area contributed by atoms with E-state index < -0.39 is 0 Å².